The molecule has 1 aliphatic heterocycles. The number of aliphatic hydroxyl groups excluding tert-OH is 1. The van der Waals surface area contributed by atoms with Crippen LogP contribution >= 0.6 is 0 Å². The molecule has 10 nitrogen and oxygen atoms in total. The van der Waals surface area contributed by atoms with Crippen LogP contribution in [-0.4, -0.2) is 54.1 Å². The number of hydrogen-bond donors (Lipinski definition) is 4. The van der Waals surface area contributed by atoms with Gasteiger partial charge in [-0.25, -0.2) is 0 Å². The Balaban J connectivity index is 1.12. The molecule has 294 valence electrons. The Bertz CT molecular complexity index is 2120. The van der Waals surface area contributed by atoms with E-state index in [0.29, 0.717) is 43.7 Å². The number of nitrogens with one attached hydrogen (secondary N) is 3. The lowest BCUT2D eigenvalue weighted by Crippen LogP contribution is -2.50. The maximum Gasteiger partial charge on any atom is 0.309 e. The second-order valence-electron chi connectivity index (χ2n) is 14.4. The third-order valence-electron chi connectivity index (χ3n) is 10.0. The van der Waals surface area contributed by atoms with Crippen LogP contribution in [0.2, 0.25) is 0 Å². The van der Waals surface area contributed by atoms with Crippen molar-refractivity contribution < 1.29 is 33.8 Å². The van der Waals surface area contributed by atoms with E-state index >= 15 is 0 Å². The minimum atomic E-state index is -1.23. The highest BCUT2D eigenvalue weighted by atomic mass is 16.5. The summed E-state index contributed by atoms with van der Waals surface area (Å²) in [6, 6.07) is 38.4. The van der Waals surface area contributed by atoms with Crippen molar-refractivity contribution in [3.8, 4) is 5.75 Å². The van der Waals surface area contributed by atoms with Gasteiger partial charge >= 0.3 is 5.97 Å². The van der Waals surface area contributed by atoms with Crippen molar-refractivity contribution in [2.24, 2.45) is 11.8 Å². The van der Waals surface area contributed by atoms with Gasteiger partial charge in [0.1, 0.15) is 25.0 Å². The molecule has 0 bridgehead atoms. The van der Waals surface area contributed by atoms with Crippen LogP contribution in [0, 0.1) is 11.8 Å². The van der Waals surface area contributed by atoms with Gasteiger partial charge in [0.25, 0.3) is 5.91 Å². The van der Waals surface area contributed by atoms with Crippen molar-refractivity contribution in [2.45, 2.75) is 57.2 Å². The van der Waals surface area contributed by atoms with Gasteiger partial charge in [0.15, 0.2) is 0 Å². The van der Waals surface area contributed by atoms with Gasteiger partial charge in [-0.3, -0.25) is 19.2 Å². The number of benzene rings is 5. The number of fused-ring (bicyclic) bond motifs is 1. The normalized spacial score (nSPS) is 18.2. The summed E-state index contributed by atoms with van der Waals surface area (Å²) in [7, 11) is 0. The number of anilines is 1. The Morgan fingerprint density at radius 1 is 0.789 bits per heavy atom. The van der Waals surface area contributed by atoms with E-state index in [-0.39, 0.29) is 26.1 Å². The fourth-order valence-corrected chi connectivity index (χ4v) is 6.83. The molecule has 5 aromatic carbocycles. The molecular formula is C47H49N3O7. The zero-order valence-corrected chi connectivity index (χ0v) is 31.8. The first-order valence-corrected chi connectivity index (χ1v) is 19.4. The summed E-state index contributed by atoms with van der Waals surface area (Å²) in [5.74, 6) is -2.56. The Kier molecular flexibility index (Phi) is 14.6. The number of hydrogen-bond acceptors (Lipinski definition) is 7. The van der Waals surface area contributed by atoms with Gasteiger partial charge in [-0.2, -0.15) is 0 Å². The van der Waals surface area contributed by atoms with Crippen molar-refractivity contribution in [2.75, 3.05) is 18.5 Å². The Labute approximate surface area is 333 Å². The molecule has 0 aromatic heterocycles. The van der Waals surface area contributed by atoms with Crippen LogP contribution in [0.1, 0.15) is 42.4 Å². The molecular weight excluding hydrogens is 719 g/mol. The molecule has 4 N–H and O–H groups in total. The number of allylic oxidation sites excluding steroid dienone is 2. The molecule has 0 unspecified atom stereocenters. The summed E-state index contributed by atoms with van der Waals surface area (Å²) in [5, 5.41) is 20.7. The van der Waals surface area contributed by atoms with Crippen LogP contribution < -0.4 is 20.7 Å². The molecule has 1 heterocycles. The molecule has 6 rings (SSSR count). The summed E-state index contributed by atoms with van der Waals surface area (Å²) in [4.78, 5) is 54.6. The number of aliphatic hydroxyl groups is 1. The average Bonchev–Trinajstić information content (AvgIpc) is 3.24. The fourth-order valence-electron chi connectivity index (χ4n) is 6.83. The molecule has 0 spiro atoms. The largest absolute Gasteiger partial charge is 0.489 e. The Morgan fingerprint density at radius 2 is 1.49 bits per heavy atom. The van der Waals surface area contributed by atoms with E-state index in [0.717, 1.165) is 27.5 Å². The van der Waals surface area contributed by atoms with Crippen molar-refractivity contribution in [3.63, 3.8) is 0 Å². The van der Waals surface area contributed by atoms with Crippen LogP contribution in [-0.2, 0) is 43.4 Å². The lowest BCUT2D eigenvalue weighted by Gasteiger charge is -2.23. The maximum absolute atomic E-state index is 13.9. The molecule has 4 atom stereocenters. The maximum atomic E-state index is 13.9. The van der Waals surface area contributed by atoms with Gasteiger partial charge < -0.3 is 30.5 Å². The van der Waals surface area contributed by atoms with Crippen molar-refractivity contribution in [1.29, 1.82) is 0 Å². The first-order valence-electron chi connectivity index (χ1n) is 19.4. The first-order chi connectivity index (χ1) is 27.8. The van der Waals surface area contributed by atoms with Crippen LogP contribution in [0.5, 0.6) is 5.75 Å². The van der Waals surface area contributed by atoms with E-state index in [1.54, 1.807) is 6.07 Å². The number of amides is 3. The molecule has 0 radical (unpaired) electrons. The third-order valence-corrected chi connectivity index (χ3v) is 10.0. The summed E-state index contributed by atoms with van der Waals surface area (Å²) in [6.45, 7) is -0.249. The molecule has 0 fully saturated rings. The highest BCUT2D eigenvalue weighted by Gasteiger charge is 2.30. The third kappa shape index (κ3) is 12.4. The zero-order valence-electron chi connectivity index (χ0n) is 31.8. The highest BCUT2D eigenvalue weighted by molar-refractivity contribution is 6.00. The van der Waals surface area contributed by atoms with E-state index in [2.05, 4.69) is 16.0 Å². The molecule has 3 amide bonds. The predicted octanol–water partition coefficient (Wildman–Crippen LogP) is 6.71. The summed E-state index contributed by atoms with van der Waals surface area (Å²) >= 11 is 0. The second kappa shape index (κ2) is 20.6. The van der Waals surface area contributed by atoms with E-state index < -0.39 is 47.6 Å². The minimum Gasteiger partial charge on any atom is -0.489 e. The topological polar surface area (TPSA) is 143 Å². The zero-order chi connectivity index (χ0) is 39.8. The SMILES string of the molecule is O=C(C[C@H]1CC=CCC[C@H](Cc2ccccc2)C(=O)OC[C@@H](C(=O)Nc2ccc3ccccc3c2)NC1=O)N[C@H](CO)Cc1ccc(OCc2ccccc2)cc1. The number of ether oxygens (including phenoxy) is 2. The van der Waals surface area contributed by atoms with Crippen molar-refractivity contribution in [3.05, 3.63) is 156 Å². The summed E-state index contributed by atoms with van der Waals surface area (Å²) < 4.78 is 11.6. The molecule has 0 aliphatic carbocycles. The number of carbonyl (C=O) groups is 4. The lowest BCUT2D eigenvalue weighted by molar-refractivity contribution is -0.150. The highest BCUT2D eigenvalue weighted by Crippen LogP contribution is 2.22. The van der Waals surface area contributed by atoms with Crippen LogP contribution in [0.3, 0.4) is 0 Å². The Morgan fingerprint density at radius 3 is 2.23 bits per heavy atom. The number of rotatable bonds is 13. The average molecular weight is 768 g/mol. The summed E-state index contributed by atoms with van der Waals surface area (Å²) in [5.41, 5.74) is 3.46. The van der Waals surface area contributed by atoms with E-state index in [1.165, 1.54) is 0 Å². The van der Waals surface area contributed by atoms with Crippen molar-refractivity contribution in [1.82, 2.24) is 10.6 Å². The minimum absolute atomic E-state index is 0.186. The number of esters is 1. The smallest absolute Gasteiger partial charge is 0.309 e. The number of carbonyl (C=O) groups excluding carboxylic acids is 4. The second-order valence-corrected chi connectivity index (χ2v) is 14.4. The monoisotopic (exact) mass is 767 g/mol. The quantitative estimate of drug-likeness (QED) is 0.0771. The molecule has 5 aromatic rings. The van der Waals surface area contributed by atoms with Gasteiger partial charge in [0, 0.05) is 12.1 Å². The number of cyclic esters (lactones) is 1. The van der Waals surface area contributed by atoms with Gasteiger partial charge in [0.05, 0.1) is 24.5 Å². The molecule has 1 aliphatic rings. The van der Waals surface area contributed by atoms with Crippen LogP contribution in [0.15, 0.2) is 140 Å². The molecule has 0 saturated heterocycles. The van der Waals surface area contributed by atoms with Gasteiger partial charge in [-0.05, 0) is 83.8 Å². The van der Waals surface area contributed by atoms with E-state index in [9.17, 15) is 24.3 Å². The fraction of sp³-hybridized carbons (Fsp3) is 0.277. The van der Waals surface area contributed by atoms with Gasteiger partial charge in [-0.15, -0.1) is 0 Å². The van der Waals surface area contributed by atoms with Crippen LogP contribution in [0.4, 0.5) is 5.69 Å². The van der Waals surface area contributed by atoms with Crippen molar-refractivity contribution >= 4 is 40.2 Å². The molecule has 57 heavy (non-hydrogen) atoms. The standard InChI is InChI=1S/C47H49N3O7/c51-30-41(27-34-20-24-42(25-21-34)56-31-35-14-6-2-7-15-35)48-44(52)29-38-18-8-3-9-19-39(26-33-12-4-1-5-13-33)47(55)57-32-43(50-45(38)53)46(54)49-40-23-22-36-16-10-11-17-37(36)28-40/h1-8,10-17,20-25,28,38-39,41,43,51H,9,18-19,26-27,29-32H2,(H,48,52)(H,49,54)(H,50,53)/t38-,39-,41+,43+/m1/s1. The molecule has 10 heteroatoms. The first kappa shape index (κ1) is 40.4. The van der Waals surface area contributed by atoms with Gasteiger partial charge in [0.2, 0.25) is 11.8 Å². The predicted molar refractivity (Wildman–Crippen MR) is 220 cm³/mol. The Hall–Kier alpha value is -6.26. The van der Waals surface area contributed by atoms with Crippen LogP contribution in [0.25, 0.3) is 10.8 Å². The summed E-state index contributed by atoms with van der Waals surface area (Å²) in [6.07, 6.45) is 5.69. The van der Waals surface area contributed by atoms with E-state index in [4.69, 9.17) is 9.47 Å². The van der Waals surface area contributed by atoms with E-state index in [1.807, 2.05) is 133 Å². The lowest BCUT2D eigenvalue weighted by atomic mass is 9.94. The van der Waals surface area contributed by atoms with Gasteiger partial charge in [-0.1, -0.05) is 115 Å². The molecule has 0 saturated carbocycles.